The molecule has 44 valence electrons. The maximum Gasteiger partial charge on any atom is 0.164 e. The van der Waals surface area contributed by atoms with Crippen LogP contribution in [0.25, 0.3) is 0 Å². The van der Waals surface area contributed by atoms with Crippen molar-refractivity contribution in [3.8, 4) is 0 Å². The quantitative estimate of drug-likeness (QED) is 0.518. The minimum absolute atomic E-state index is 0.0206. The Morgan fingerprint density at radius 3 is 2.43 bits per heavy atom. The van der Waals surface area contributed by atoms with Crippen LogP contribution in [0.1, 0.15) is 0 Å². The van der Waals surface area contributed by atoms with Gasteiger partial charge in [-0.2, -0.15) is 0 Å². The van der Waals surface area contributed by atoms with Gasteiger partial charge in [0.05, 0.1) is 13.2 Å². The Morgan fingerprint density at radius 1 is 1.71 bits per heavy atom. The molecule has 0 aliphatic rings. The van der Waals surface area contributed by atoms with Crippen molar-refractivity contribution in [1.29, 1.82) is 0 Å². The molecule has 0 saturated heterocycles. The van der Waals surface area contributed by atoms with Crippen LogP contribution in [0.5, 0.6) is 0 Å². The molecule has 0 radical (unpaired) electrons. The largest absolute Gasteiger partial charge is 0.394 e. The molecule has 0 bridgehead atoms. The highest BCUT2D eigenvalue weighted by atomic mass is 31.2. The zero-order chi connectivity index (χ0) is 5.70. The van der Waals surface area contributed by atoms with Gasteiger partial charge in [0.1, 0.15) is 0 Å². The van der Waals surface area contributed by atoms with E-state index in [-0.39, 0.29) is 13.2 Å². The van der Waals surface area contributed by atoms with Crippen LogP contribution in [0.3, 0.4) is 0 Å². The molecule has 4 heteroatoms. The molecule has 0 aromatic rings. The molecule has 2 N–H and O–H groups in total. The van der Waals surface area contributed by atoms with Gasteiger partial charge in [0, 0.05) is 6.66 Å². The van der Waals surface area contributed by atoms with Gasteiger partial charge in [-0.1, -0.05) is 0 Å². The predicted octanol–water partition coefficient (Wildman–Crippen LogP) is -0.0707. The summed E-state index contributed by atoms with van der Waals surface area (Å²) in [6.07, 6.45) is 0. The van der Waals surface area contributed by atoms with Crippen LogP contribution < -0.4 is 0 Å². The summed E-state index contributed by atoms with van der Waals surface area (Å²) in [6.45, 7) is 1.77. The van der Waals surface area contributed by atoms with Crippen LogP contribution in [0.4, 0.5) is 0 Å². The summed E-state index contributed by atoms with van der Waals surface area (Å²) in [5.74, 6) is 0. The summed E-state index contributed by atoms with van der Waals surface area (Å²) in [7, 11) is -1.27. The molecule has 0 amide bonds. The first-order valence-electron chi connectivity index (χ1n) is 1.93. The Balaban J connectivity index is 2.68. The van der Waals surface area contributed by atoms with Crippen LogP contribution in [-0.2, 0) is 4.52 Å². The summed E-state index contributed by atoms with van der Waals surface area (Å²) in [5, 5.41) is 8.09. The number of aliphatic hydroxyl groups is 1. The molecule has 0 aromatic heterocycles. The lowest BCUT2D eigenvalue weighted by atomic mass is 10.8. The van der Waals surface area contributed by atoms with E-state index in [0.717, 1.165) is 0 Å². The number of hydrogen-bond donors (Lipinski definition) is 2. The van der Waals surface area contributed by atoms with Gasteiger partial charge >= 0.3 is 0 Å². The molecule has 0 rings (SSSR count). The SMILES string of the molecule is CP(O)OCCO. The van der Waals surface area contributed by atoms with E-state index in [2.05, 4.69) is 4.52 Å². The van der Waals surface area contributed by atoms with E-state index in [1.807, 2.05) is 0 Å². The van der Waals surface area contributed by atoms with Crippen molar-refractivity contribution in [2.75, 3.05) is 19.9 Å². The summed E-state index contributed by atoms with van der Waals surface area (Å²) in [6, 6.07) is 0. The summed E-state index contributed by atoms with van der Waals surface area (Å²) in [5.41, 5.74) is 0. The second-order valence-electron chi connectivity index (χ2n) is 1.02. The highest BCUT2D eigenvalue weighted by Gasteiger charge is 1.90. The number of rotatable bonds is 3. The molecule has 0 aromatic carbocycles. The fraction of sp³-hybridized carbons (Fsp3) is 1.00. The standard InChI is InChI=1S/C3H9O3P/c1-7(5)6-3-2-4/h4-5H,2-3H2,1H3. The summed E-state index contributed by atoms with van der Waals surface area (Å²) < 4.78 is 4.56. The van der Waals surface area contributed by atoms with Crippen molar-refractivity contribution in [2.24, 2.45) is 0 Å². The zero-order valence-corrected chi connectivity index (χ0v) is 5.06. The molecular weight excluding hydrogens is 115 g/mol. The Bertz CT molecular complexity index is 39.2. The lowest BCUT2D eigenvalue weighted by molar-refractivity contribution is 0.202. The third kappa shape index (κ3) is 6.31. The van der Waals surface area contributed by atoms with Crippen molar-refractivity contribution < 1.29 is 14.5 Å². The Kier molecular flexibility index (Phi) is 4.67. The van der Waals surface area contributed by atoms with Crippen molar-refractivity contribution in [2.45, 2.75) is 0 Å². The van der Waals surface area contributed by atoms with E-state index in [0.29, 0.717) is 0 Å². The lowest BCUT2D eigenvalue weighted by Crippen LogP contribution is -1.92. The van der Waals surface area contributed by atoms with Gasteiger partial charge < -0.3 is 14.5 Å². The highest BCUT2D eigenvalue weighted by molar-refractivity contribution is 7.45. The van der Waals surface area contributed by atoms with E-state index >= 15 is 0 Å². The molecule has 0 fully saturated rings. The topological polar surface area (TPSA) is 49.7 Å². The predicted molar refractivity (Wildman–Crippen MR) is 28.1 cm³/mol. The van der Waals surface area contributed by atoms with E-state index in [1.54, 1.807) is 6.66 Å². The molecule has 0 heterocycles. The van der Waals surface area contributed by atoms with Crippen molar-refractivity contribution in [3.05, 3.63) is 0 Å². The van der Waals surface area contributed by atoms with Crippen LogP contribution in [0.15, 0.2) is 0 Å². The molecule has 0 aliphatic carbocycles. The van der Waals surface area contributed by atoms with Gasteiger partial charge in [-0.15, -0.1) is 0 Å². The summed E-state index contributed by atoms with van der Waals surface area (Å²) >= 11 is 0. The van der Waals surface area contributed by atoms with Gasteiger partial charge in [-0.05, 0) is 0 Å². The molecule has 7 heavy (non-hydrogen) atoms. The van der Waals surface area contributed by atoms with Gasteiger partial charge in [0.15, 0.2) is 8.38 Å². The van der Waals surface area contributed by atoms with Gasteiger partial charge in [-0.3, -0.25) is 0 Å². The first kappa shape index (κ1) is 7.31. The van der Waals surface area contributed by atoms with Gasteiger partial charge in [0.2, 0.25) is 0 Å². The van der Waals surface area contributed by atoms with E-state index < -0.39 is 8.38 Å². The van der Waals surface area contributed by atoms with Crippen LogP contribution >= 0.6 is 8.38 Å². The molecule has 3 nitrogen and oxygen atoms in total. The minimum atomic E-state index is -1.27. The highest BCUT2D eigenvalue weighted by Crippen LogP contribution is 2.23. The fourth-order valence-electron chi connectivity index (χ4n) is 0.173. The average Bonchev–Trinajstić information content (AvgIpc) is 1.61. The van der Waals surface area contributed by atoms with E-state index in [4.69, 9.17) is 10.00 Å². The number of hydrogen-bond acceptors (Lipinski definition) is 3. The van der Waals surface area contributed by atoms with E-state index in [9.17, 15) is 0 Å². The molecule has 1 unspecified atom stereocenters. The van der Waals surface area contributed by atoms with Crippen LogP contribution in [-0.4, -0.2) is 29.9 Å². The van der Waals surface area contributed by atoms with Crippen molar-refractivity contribution in [3.63, 3.8) is 0 Å². The van der Waals surface area contributed by atoms with Crippen LogP contribution in [0.2, 0.25) is 0 Å². The second kappa shape index (κ2) is 4.47. The first-order chi connectivity index (χ1) is 3.27. The zero-order valence-electron chi connectivity index (χ0n) is 4.16. The molecule has 0 aliphatic heterocycles. The molecule has 1 atom stereocenters. The average molecular weight is 124 g/mol. The normalized spacial score (nSPS) is 14.1. The molecule has 0 spiro atoms. The Labute approximate surface area is 43.8 Å². The maximum absolute atomic E-state index is 8.41. The maximum atomic E-state index is 8.41. The second-order valence-corrected chi connectivity index (χ2v) is 2.21. The smallest absolute Gasteiger partial charge is 0.164 e. The van der Waals surface area contributed by atoms with Crippen LogP contribution in [0, 0.1) is 0 Å². The Morgan fingerprint density at radius 2 is 2.29 bits per heavy atom. The third-order valence-electron chi connectivity index (χ3n) is 0.369. The fourth-order valence-corrected chi connectivity index (χ4v) is 0.519. The van der Waals surface area contributed by atoms with E-state index in [1.165, 1.54) is 0 Å². The number of aliphatic hydroxyl groups excluding tert-OH is 1. The molecule has 0 saturated carbocycles. The monoisotopic (exact) mass is 124 g/mol. The van der Waals surface area contributed by atoms with Gasteiger partial charge in [-0.25, -0.2) is 0 Å². The Hall–Kier alpha value is 0.310. The van der Waals surface area contributed by atoms with Crippen molar-refractivity contribution >= 4 is 8.38 Å². The van der Waals surface area contributed by atoms with Gasteiger partial charge in [0.25, 0.3) is 0 Å². The summed E-state index contributed by atoms with van der Waals surface area (Å²) in [4.78, 5) is 8.41. The minimum Gasteiger partial charge on any atom is -0.394 e. The first-order valence-corrected chi connectivity index (χ1v) is 3.59. The van der Waals surface area contributed by atoms with Crippen molar-refractivity contribution in [1.82, 2.24) is 0 Å². The lowest BCUT2D eigenvalue weighted by Gasteiger charge is -2.00. The third-order valence-corrected chi connectivity index (χ3v) is 0.926. The molecular formula is C3H9O3P.